The molecular weight excluding hydrogens is 333 g/mol. The van der Waals surface area contributed by atoms with Gasteiger partial charge in [-0.3, -0.25) is 14.6 Å². The van der Waals surface area contributed by atoms with Crippen molar-refractivity contribution >= 4 is 11.8 Å². The van der Waals surface area contributed by atoms with Crippen LogP contribution in [0.4, 0.5) is 4.39 Å². The molecule has 2 aliphatic rings. The molecule has 2 heterocycles. The second-order valence-corrected chi connectivity index (χ2v) is 7.60. The molecule has 5 nitrogen and oxygen atoms in total. The fourth-order valence-corrected chi connectivity index (χ4v) is 4.16. The number of carbonyl (C=O) groups excluding carboxylic acids is 2. The summed E-state index contributed by atoms with van der Waals surface area (Å²) >= 11 is 0. The smallest absolute Gasteiger partial charge is 0.257 e. The number of likely N-dealkylation sites (tertiary alicyclic amines) is 1. The normalized spacial score (nSPS) is 22.1. The van der Waals surface area contributed by atoms with Crippen molar-refractivity contribution in [3.8, 4) is 0 Å². The Balaban J connectivity index is 1.48. The number of nitrogens with one attached hydrogen (secondary N) is 1. The molecule has 1 spiro atoms. The van der Waals surface area contributed by atoms with Crippen LogP contribution >= 0.6 is 0 Å². The van der Waals surface area contributed by atoms with Crippen LogP contribution in [-0.4, -0.2) is 46.5 Å². The minimum Gasteiger partial charge on any atom is -0.356 e. The number of amides is 2. The van der Waals surface area contributed by atoms with Gasteiger partial charge >= 0.3 is 0 Å². The molecule has 1 aromatic heterocycles. The molecule has 1 aliphatic heterocycles. The number of rotatable bonds is 7. The number of hydrogen-bond acceptors (Lipinski definition) is 3. The van der Waals surface area contributed by atoms with Crippen molar-refractivity contribution < 1.29 is 14.0 Å². The molecule has 2 atom stereocenters. The van der Waals surface area contributed by atoms with Gasteiger partial charge in [-0.15, -0.1) is 0 Å². The molecule has 0 aromatic carbocycles. The number of aryl methyl sites for hydroxylation is 1. The van der Waals surface area contributed by atoms with Crippen LogP contribution in [0.3, 0.4) is 0 Å². The largest absolute Gasteiger partial charge is 0.356 e. The minimum atomic E-state index is -1.40. The fourth-order valence-electron chi connectivity index (χ4n) is 4.16. The molecule has 1 saturated carbocycles. The van der Waals surface area contributed by atoms with Gasteiger partial charge in [0.15, 0.2) is 6.17 Å². The maximum Gasteiger partial charge on any atom is 0.257 e. The van der Waals surface area contributed by atoms with Crippen LogP contribution in [0.1, 0.15) is 51.1 Å². The van der Waals surface area contributed by atoms with Gasteiger partial charge in [0.2, 0.25) is 5.91 Å². The second-order valence-electron chi connectivity index (χ2n) is 7.60. The Hall–Kier alpha value is -1.98. The quantitative estimate of drug-likeness (QED) is 0.812. The zero-order valence-corrected chi connectivity index (χ0v) is 15.4. The monoisotopic (exact) mass is 361 g/mol. The molecule has 3 rings (SSSR count). The predicted octanol–water partition coefficient (Wildman–Crippen LogP) is 2.65. The highest BCUT2D eigenvalue weighted by Crippen LogP contribution is 2.47. The fraction of sp³-hybridized carbons (Fsp3) is 0.650. The lowest BCUT2D eigenvalue weighted by molar-refractivity contribution is -0.144. The standard InChI is InChI=1S/C20H28FN3O2/c1-2-17(21)19(26)24-14-15(12-20(24)9-5-10-20)13-23-18(25)8-7-16-6-3-4-11-22-16/h3-4,6,11,15,17H,2,5,7-10,12-14H2,1H3,(H,23,25). The molecular formula is C20H28FN3O2. The third-order valence-electron chi connectivity index (χ3n) is 5.78. The Labute approximate surface area is 154 Å². The highest BCUT2D eigenvalue weighted by atomic mass is 19.1. The molecule has 2 unspecified atom stereocenters. The van der Waals surface area contributed by atoms with Gasteiger partial charge < -0.3 is 10.2 Å². The van der Waals surface area contributed by atoms with Crippen molar-refractivity contribution in [2.24, 2.45) is 5.92 Å². The summed E-state index contributed by atoms with van der Waals surface area (Å²) in [6, 6.07) is 5.68. The number of nitrogens with zero attached hydrogens (tertiary/aromatic N) is 2. The first-order valence-electron chi connectivity index (χ1n) is 9.66. The van der Waals surface area contributed by atoms with E-state index in [1.54, 1.807) is 18.0 Å². The minimum absolute atomic E-state index is 0.0000141. The summed E-state index contributed by atoms with van der Waals surface area (Å²) in [7, 11) is 0. The summed E-state index contributed by atoms with van der Waals surface area (Å²) in [5.74, 6) is -0.154. The summed E-state index contributed by atoms with van der Waals surface area (Å²) in [6.45, 7) is 2.81. The Bertz CT molecular complexity index is 633. The lowest BCUT2D eigenvalue weighted by atomic mass is 9.73. The van der Waals surface area contributed by atoms with E-state index in [9.17, 15) is 14.0 Å². The van der Waals surface area contributed by atoms with E-state index >= 15 is 0 Å². The average Bonchev–Trinajstić information content (AvgIpc) is 3.04. The second kappa shape index (κ2) is 8.14. The Morgan fingerprint density at radius 2 is 2.23 bits per heavy atom. The van der Waals surface area contributed by atoms with Crippen LogP contribution < -0.4 is 5.32 Å². The molecule has 1 saturated heterocycles. The van der Waals surface area contributed by atoms with Crippen LogP contribution in [0, 0.1) is 5.92 Å². The van der Waals surface area contributed by atoms with Gasteiger partial charge in [-0.25, -0.2) is 4.39 Å². The van der Waals surface area contributed by atoms with Gasteiger partial charge in [-0.1, -0.05) is 13.0 Å². The van der Waals surface area contributed by atoms with E-state index in [2.05, 4.69) is 10.3 Å². The first kappa shape index (κ1) is 18.8. The van der Waals surface area contributed by atoms with Crippen LogP contribution in [0.25, 0.3) is 0 Å². The molecule has 142 valence electrons. The van der Waals surface area contributed by atoms with E-state index in [-0.39, 0.29) is 29.7 Å². The van der Waals surface area contributed by atoms with Gasteiger partial charge in [-0.2, -0.15) is 0 Å². The Kier molecular flexibility index (Phi) is 5.89. The van der Waals surface area contributed by atoms with Crippen molar-refractivity contribution in [1.82, 2.24) is 15.2 Å². The number of carbonyl (C=O) groups is 2. The van der Waals surface area contributed by atoms with Crippen LogP contribution in [0.2, 0.25) is 0 Å². The van der Waals surface area contributed by atoms with E-state index in [0.29, 0.717) is 25.9 Å². The number of hydrogen-bond donors (Lipinski definition) is 1. The zero-order valence-electron chi connectivity index (χ0n) is 15.4. The highest BCUT2D eigenvalue weighted by Gasteiger charge is 2.52. The van der Waals surface area contributed by atoms with Crippen molar-refractivity contribution in [3.63, 3.8) is 0 Å². The molecule has 0 bridgehead atoms. The third-order valence-corrected chi connectivity index (χ3v) is 5.78. The van der Waals surface area contributed by atoms with Crippen LogP contribution in [-0.2, 0) is 16.0 Å². The van der Waals surface area contributed by atoms with E-state index in [1.807, 2.05) is 18.2 Å². The Morgan fingerprint density at radius 1 is 1.42 bits per heavy atom. The summed E-state index contributed by atoms with van der Waals surface area (Å²) in [6.07, 6.45) is 5.44. The van der Waals surface area contributed by atoms with Crippen molar-refractivity contribution in [1.29, 1.82) is 0 Å². The molecule has 2 amide bonds. The van der Waals surface area contributed by atoms with Gasteiger partial charge in [0.05, 0.1) is 0 Å². The van der Waals surface area contributed by atoms with E-state index < -0.39 is 6.17 Å². The average molecular weight is 361 g/mol. The summed E-state index contributed by atoms with van der Waals surface area (Å²) in [5.41, 5.74) is 0.752. The number of pyridine rings is 1. The molecule has 1 aromatic rings. The molecule has 6 heteroatoms. The zero-order chi connectivity index (χ0) is 18.6. The summed E-state index contributed by atoms with van der Waals surface area (Å²) < 4.78 is 13.9. The van der Waals surface area contributed by atoms with Gasteiger partial charge in [0, 0.05) is 36.9 Å². The number of alkyl halides is 1. The lowest BCUT2D eigenvalue weighted by Gasteiger charge is -2.46. The SMILES string of the molecule is CCC(F)C(=O)N1CC(CNC(=O)CCc2ccccn2)CC12CCC2. The van der Waals surface area contributed by atoms with Gasteiger partial charge in [-0.05, 0) is 56.6 Å². The van der Waals surface area contributed by atoms with E-state index in [0.717, 1.165) is 31.4 Å². The van der Waals surface area contributed by atoms with Crippen molar-refractivity contribution in [3.05, 3.63) is 30.1 Å². The first-order chi connectivity index (χ1) is 12.5. The third kappa shape index (κ3) is 4.05. The molecule has 2 fully saturated rings. The molecule has 1 N–H and O–H groups in total. The summed E-state index contributed by atoms with van der Waals surface area (Å²) in [5, 5.41) is 2.99. The van der Waals surface area contributed by atoms with Gasteiger partial charge in [0.1, 0.15) is 0 Å². The lowest BCUT2D eigenvalue weighted by Crippen LogP contribution is -2.54. The van der Waals surface area contributed by atoms with E-state index in [1.165, 1.54) is 0 Å². The summed E-state index contributed by atoms with van der Waals surface area (Å²) in [4.78, 5) is 30.5. The maximum absolute atomic E-state index is 13.9. The van der Waals surface area contributed by atoms with Gasteiger partial charge in [0.25, 0.3) is 5.91 Å². The predicted molar refractivity (Wildman–Crippen MR) is 97.2 cm³/mol. The molecule has 26 heavy (non-hydrogen) atoms. The molecule has 0 radical (unpaired) electrons. The van der Waals surface area contributed by atoms with Crippen LogP contribution in [0.5, 0.6) is 0 Å². The van der Waals surface area contributed by atoms with E-state index in [4.69, 9.17) is 0 Å². The topological polar surface area (TPSA) is 62.3 Å². The number of aromatic nitrogens is 1. The van der Waals surface area contributed by atoms with Crippen molar-refractivity contribution in [2.45, 2.75) is 63.6 Å². The Morgan fingerprint density at radius 3 is 2.85 bits per heavy atom. The highest BCUT2D eigenvalue weighted by molar-refractivity contribution is 5.82. The van der Waals surface area contributed by atoms with Crippen molar-refractivity contribution in [2.75, 3.05) is 13.1 Å². The maximum atomic E-state index is 13.9. The first-order valence-corrected chi connectivity index (χ1v) is 9.66. The molecule has 1 aliphatic carbocycles. The van der Waals surface area contributed by atoms with Crippen LogP contribution in [0.15, 0.2) is 24.4 Å². The number of halogens is 1.